The largest absolute Gasteiger partial charge is 0.481 e. The van der Waals surface area contributed by atoms with Crippen molar-refractivity contribution in [3.63, 3.8) is 0 Å². The lowest BCUT2D eigenvalue weighted by atomic mass is 10.2. The Labute approximate surface area is 93.8 Å². The number of hydrogen-bond donors (Lipinski definition) is 2. The van der Waals surface area contributed by atoms with Crippen molar-refractivity contribution in [3.8, 4) is 0 Å². The third kappa shape index (κ3) is 8.50. The zero-order chi connectivity index (χ0) is 12.4. The molecule has 0 aliphatic rings. The lowest BCUT2D eigenvalue weighted by molar-refractivity contribution is -0.136. The Kier molecular flexibility index (Phi) is 7.15. The van der Waals surface area contributed by atoms with Crippen molar-refractivity contribution in [2.24, 2.45) is 0 Å². The van der Waals surface area contributed by atoms with E-state index in [9.17, 15) is 9.59 Å². The van der Waals surface area contributed by atoms with Gasteiger partial charge in [0.2, 0.25) is 0 Å². The molecule has 0 bridgehead atoms. The Morgan fingerprint density at radius 2 is 1.75 bits per heavy atom. The van der Waals surface area contributed by atoms with E-state index in [0.29, 0.717) is 0 Å². The number of allylic oxidation sites excluding steroid dienone is 1. The average molecular weight is 222 g/mol. The van der Waals surface area contributed by atoms with Crippen molar-refractivity contribution in [1.29, 1.82) is 0 Å². The van der Waals surface area contributed by atoms with Crippen LogP contribution in [0.15, 0.2) is 42.5 Å². The van der Waals surface area contributed by atoms with Gasteiger partial charge in [-0.15, -0.1) is 0 Å². The smallest absolute Gasteiger partial charge is 0.327 e. The molecular weight excluding hydrogens is 208 g/mol. The van der Waals surface area contributed by atoms with E-state index in [1.165, 1.54) is 6.08 Å². The van der Waals surface area contributed by atoms with Gasteiger partial charge >= 0.3 is 11.9 Å². The summed E-state index contributed by atoms with van der Waals surface area (Å²) in [5.74, 6) is -1.68. The zero-order valence-electron chi connectivity index (χ0n) is 8.96. The molecule has 0 aliphatic carbocycles. The summed E-state index contributed by atoms with van der Waals surface area (Å²) in [4.78, 5) is 19.7. The van der Waals surface area contributed by atoms with Crippen molar-refractivity contribution in [3.05, 3.63) is 48.0 Å². The van der Waals surface area contributed by atoms with E-state index in [-0.39, 0.29) is 6.42 Å². The van der Waals surface area contributed by atoms with Crippen LogP contribution in [0.25, 0.3) is 0 Å². The molecule has 0 aromatic heterocycles. The van der Waals surface area contributed by atoms with Crippen LogP contribution in [0.4, 0.5) is 0 Å². The second-order valence-corrected chi connectivity index (χ2v) is 2.89. The molecule has 0 radical (unpaired) electrons. The van der Waals surface area contributed by atoms with Gasteiger partial charge in [0.05, 0.1) is 6.42 Å². The Morgan fingerprint density at radius 1 is 1.19 bits per heavy atom. The molecule has 0 spiro atoms. The minimum Gasteiger partial charge on any atom is -0.481 e. The summed E-state index contributed by atoms with van der Waals surface area (Å²) in [6, 6.07) is 9.13. The fourth-order valence-corrected chi connectivity index (χ4v) is 0.913. The third-order valence-corrected chi connectivity index (χ3v) is 1.51. The van der Waals surface area contributed by atoms with Gasteiger partial charge in [0.25, 0.3) is 0 Å². The number of hydrogen-bond acceptors (Lipinski definition) is 2. The van der Waals surface area contributed by atoms with E-state index in [1.54, 1.807) is 19.1 Å². The van der Waals surface area contributed by atoms with E-state index < -0.39 is 11.9 Å². The van der Waals surface area contributed by atoms with Crippen molar-refractivity contribution in [1.82, 2.24) is 0 Å². The van der Waals surface area contributed by atoms with Crippen LogP contribution in [-0.2, 0) is 16.0 Å². The molecule has 0 saturated heterocycles. The van der Waals surface area contributed by atoms with Crippen LogP contribution in [0.3, 0.4) is 0 Å². The second-order valence-electron chi connectivity index (χ2n) is 2.89. The van der Waals surface area contributed by atoms with Crippen molar-refractivity contribution in [2.45, 2.75) is 13.3 Å². The standard InChI is InChI=1S/C8H8O2.C4H6O2/c9-8(10)6-7-4-2-1-3-5-7;1-2-3-4(5)6/h1-5H,6H2,(H,9,10);2-3H,1H3,(H,5,6). The fourth-order valence-electron chi connectivity index (χ4n) is 0.913. The number of carboxylic acid groups (broad SMARTS) is 2. The first kappa shape index (κ1) is 13.9. The first-order chi connectivity index (χ1) is 7.56. The topological polar surface area (TPSA) is 74.6 Å². The van der Waals surface area contributed by atoms with Crippen molar-refractivity contribution < 1.29 is 19.8 Å². The SMILES string of the molecule is CC=CC(=O)O.O=C(O)Cc1ccccc1. The van der Waals surface area contributed by atoms with Gasteiger partial charge in [-0.1, -0.05) is 36.4 Å². The maximum absolute atomic E-state index is 10.2. The molecule has 1 rings (SSSR count). The molecule has 0 fully saturated rings. The summed E-state index contributed by atoms with van der Waals surface area (Å²) < 4.78 is 0. The lowest BCUT2D eigenvalue weighted by Gasteiger charge is -1.92. The number of aliphatic carboxylic acids is 2. The summed E-state index contributed by atoms with van der Waals surface area (Å²) in [5.41, 5.74) is 0.843. The third-order valence-electron chi connectivity index (χ3n) is 1.51. The Bertz CT molecular complexity index is 355. The maximum Gasteiger partial charge on any atom is 0.327 e. The van der Waals surface area contributed by atoms with Crippen LogP contribution in [0.1, 0.15) is 12.5 Å². The monoisotopic (exact) mass is 222 g/mol. The Morgan fingerprint density at radius 3 is 2.06 bits per heavy atom. The van der Waals surface area contributed by atoms with Crippen LogP contribution in [0.5, 0.6) is 0 Å². The molecule has 0 heterocycles. The maximum atomic E-state index is 10.2. The van der Waals surface area contributed by atoms with Crippen LogP contribution >= 0.6 is 0 Å². The molecule has 1 aromatic carbocycles. The molecule has 86 valence electrons. The van der Waals surface area contributed by atoms with Crippen molar-refractivity contribution >= 4 is 11.9 Å². The molecule has 4 nitrogen and oxygen atoms in total. The van der Waals surface area contributed by atoms with E-state index >= 15 is 0 Å². The molecule has 0 amide bonds. The van der Waals surface area contributed by atoms with Crippen LogP contribution < -0.4 is 0 Å². The summed E-state index contributed by atoms with van der Waals surface area (Å²) in [6.07, 6.45) is 2.67. The van der Waals surface area contributed by atoms with Crippen molar-refractivity contribution in [2.75, 3.05) is 0 Å². The quantitative estimate of drug-likeness (QED) is 0.766. The Balaban J connectivity index is 0.000000325. The highest BCUT2D eigenvalue weighted by Crippen LogP contribution is 1.98. The highest BCUT2D eigenvalue weighted by molar-refractivity contribution is 5.79. The minimum absolute atomic E-state index is 0.112. The first-order valence-corrected chi connectivity index (χ1v) is 4.67. The number of carbonyl (C=O) groups is 2. The number of carboxylic acids is 2. The highest BCUT2D eigenvalue weighted by atomic mass is 16.4. The zero-order valence-corrected chi connectivity index (χ0v) is 8.96. The molecule has 0 atom stereocenters. The fraction of sp³-hybridized carbons (Fsp3) is 0.167. The van der Waals surface area contributed by atoms with Gasteiger partial charge in [-0.25, -0.2) is 4.79 Å². The molecule has 0 saturated carbocycles. The van der Waals surface area contributed by atoms with Gasteiger partial charge in [0.15, 0.2) is 0 Å². The molecule has 1 aromatic rings. The van der Waals surface area contributed by atoms with E-state index in [0.717, 1.165) is 11.6 Å². The molecule has 4 heteroatoms. The van der Waals surface area contributed by atoms with Gasteiger partial charge in [0, 0.05) is 6.08 Å². The molecule has 2 N–H and O–H groups in total. The van der Waals surface area contributed by atoms with Gasteiger partial charge in [-0.05, 0) is 12.5 Å². The normalized spacial score (nSPS) is 9.31. The highest BCUT2D eigenvalue weighted by Gasteiger charge is 1.96. The van der Waals surface area contributed by atoms with Gasteiger partial charge < -0.3 is 10.2 Å². The molecule has 16 heavy (non-hydrogen) atoms. The van der Waals surface area contributed by atoms with Gasteiger partial charge in [-0.2, -0.15) is 0 Å². The van der Waals surface area contributed by atoms with E-state index in [1.807, 2.05) is 18.2 Å². The van der Waals surface area contributed by atoms with E-state index in [2.05, 4.69) is 0 Å². The Hall–Kier alpha value is -2.10. The van der Waals surface area contributed by atoms with Gasteiger partial charge in [0.1, 0.15) is 0 Å². The summed E-state index contributed by atoms with van der Waals surface area (Å²) in [5, 5.41) is 16.2. The summed E-state index contributed by atoms with van der Waals surface area (Å²) in [7, 11) is 0. The average Bonchev–Trinajstić information content (AvgIpc) is 2.18. The lowest BCUT2D eigenvalue weighted by Crippen LogP contribution is -1.98. The molecule has 0 unspecified atom stereocenters. The van der Waals surface area contributed by atoms with Crippen LogP contribution in [0.2, 0.25) is 0 Å². The summed E-state index contributed by atoms with van der Waals surface area (Å²) >= 11 is 0. The second kappa shape index (κ2) is 8.23. The summed E-state index contributed by atoms with van der Waals surface area (Å²) in [6.45, 7) is 1.66. The number of benzene rings is 1. The molecular formula is C12H14O4. The molecule has 0 aliphatic heterocycles. The number of rotatable bonds is 3. The predicted octanol–water partition coefficient (Wildman–Crippen LogP) is 1.96. The minimum atomic E-state index is -0.891. The first-order valence-electron chi connectivity index (χ1n) is 4.67. The van der Waals surface area contributed by atoms with Crippen LogP contribution in [0, 0.1) is 0 Å². The van der Waals surface area contributed by atoms with Gasteiger partial charge in [-0.3, -0.25) is 4.79 Å². The predicted molar refractivity (Wildman–Crippen MR) is 60.2 cm³/mol. The van der Waals surface area contributed by atoms with Crippen LogP contribution in [-0.4, -0.2) is 22.2 Å². The van der Waals surface area contributed by atoms with E-state index in [4.69, 9.17) is 10.2 Å².